The van der Waals surface area contributed by atoms with Gasteiger partial charge in [-0.1, -0.05) is 37.3 Å². The number of carbonyl (C=O) groups is 2. The summed E-state index contributed by atoms with van der Waals surface area (Å²) in [6.45, 7) is 0.813. The second kappa shape index (κ2) is 11.3. The van der Waals surface area contributed by atoms with Gasteiger partial charge in [-0.15, -0.1) is 0 Å². The van der Waals surface area contributed by atoms with Crippen molar-refractivity contribution in [2.24, 2.45) is 5.10 Å². The van der Waals surface area contributed by atoms with Crippen molar-refractivity contribution in [2.75, 3.05) is 14.0 Å². The predicted octanol–water partition coefficient (Wildman–Crippen LogP) is 4.46. The standard InChI is InChI=1S/C26H25FN4O5/c1-3-20-23(19-9-10-21(34-2)22(15-19)35-16-27)30-31(26(33)36-20)24(17-7-5-4-6-8-17)29-25(32)18-11-13-28-14-12-18/h4-15,20,24H,3,16H2,1-2H3,(H,29,32). The lowest BCUT2D eigenvalue weighted by Crippen LogP contribution is -2.48. The number of alkyl halides is 1. The van der Waals surface area contributed by atoms with E-state index in [-0.39, 0.29) is 5.75 Å². The number of nitrogens with one attached hydrogen (secondary N) is 1. The highest BCUT2D eigenvalue weighted by Crippen LogP contribution is 2.32. The first-order valence-electron chi connectivity index (χ1n) is 11.3. The van der Waals surface area contributed by atoms with E-state index in [9.17, 15) is 14.0 Å². The Labute approximate surface area is 207 Å². The number of amides is 2. The van der Waals surface area contributed by atoms with Gasteiger partial charge in [-0.2, -0.15) is 10.1 Å². The van der Waals surface area contributed by atoms with Crippen LogP contribution in [0.1, 0.15) is 41.0 Å². The highest BCUT2D eigenvalue weighted by atomic mass is 19.1. The van der Waals surface area contributed by atoms with Crippen LogP contribution in [0.4, 0.5) is 9.18 Å². The lowest BCUT2D eigenvalue weighted by Gasteiger charge is -2.34. The molecule has 0 saturated carbocycles. The molecule has 2 atom stereocenters. The summed E-state index contributed by atoms with van der Waals surface area (Å²) >= 11 is 0. The van der Waals surface area contributed by atoms with Gasteiger partial charge in [0.25, 0.3) is 5.91 Å². The SMILES string of the molecule is CCC1OC(=O)N(C(NC(=O)c2ccncc2)c2ccccc2)N=C1c1ccc(OC)c(OCF)c1. The number of nitrogens with zero attached hydrogens (tertiary/aromatic N) is 3. The molecular formula is C26H25FN4O5. The number of halogens is 1. The van der Waals surface area contributed by atoms with E-state index in [0.717, 1.165) is 5.01 Å². The Hall–Kier alpha value is -4.47. The molecule has 2 unspecified atom stereocenters. The number of hydrogen-bond donors (Lipinski definition) is 1. The minimum atomic E-state index is -1.04. The van der Waals surface area contributed by atoms with E-state index in [1.165, 1.54) is 19.5 Å². The molecule has 1 N–H and O–H groups in total. The van der Waals surface area contributed by atoms with Crippen LogP contribution < -0.4 is 14.8 Å². The van der Waals surface area contributed by atoms with Gasteiger partial charge in [-0.25, -0.2) is 9.18 Å². The Morgan fingerprint density at radius 3 is 2.56 bits per heavy atom. The van der Waals surface area contributed by atoms with E-state index in [1.54, 1.807) is 54.6 Å². The molecule has 0 radical (unpaired) electrons. The molecule has 36 heavy (non-hydrogen) atoms. The number of hydrazone groups is 1. The first-order valence-corrected chi connectivity index (χ1v) is 11.3. The Kier molecular flexibility index (Phi) is 7.74. The number of hydrogen-bond acceptors (Lipinski definition) is 7. The third-order valence-corrected chi connectivity index (χ3v) is 5.56. The van der Waals surface area contributed by atoms with Crippen LogP contribution in [0.15, 0.2) is 78.2 Å². The van der Waals surface area contributed by atoms with E-state index in [1.807, 2.05) is 13.0 Å². The fourth-order valence-corrected chi connectivity index (χ4v) is 3.78. The quantitative estimate of drug-likeness (QED) is 0.473. The monoisotopic (exact) mass is 492 g/mol. The normalized spacial score (nSPS) is 16.0. The number of ether oxygens (including phenoxy) is 3. The van der Waals surface area contributed by atoms with E-state index in [0.29, 0.717) is 34.6 Å². The number of benzene rings is 2. The average molecular weight is 493 g/mol. The molecule has 4 rings (SSSR count). The highest BCUT2D eigenvalue weighted by molar-refractivity contribution is 6.06. The summed E-state index contributed by atoms with van der Waals surface area (Å²) in [5.41, 5.74) is 1.96. The van der Waals surface area contributed by atoms with E-state index in [4.69, 9.17) is 14.2 Å². The Balaban J connectivity index is 1.76. The van der Waals surface area contributed by atoms with Gasteiger partial charge in [-0.05, 0) is 42.3 Å². The van der Waals surface area contributed by atoms with Gasteiger partial charge in [0.15, 0.2) is 17.7 Å². The van der Waals surface area contributed by atoms with Crippen LogP contribution in [0.5, 0.6) is 11.5 Å². The Morgan fingerprint density at radius 1 is 1.14 bits per heavy atom. The van der Waals surface area contributed by atoms with Crippen molar-refractivity contribution in [1.82, 2.24) is 15.3 Å². The van der Waals surface area contributed by atoms with Gasteiger partial charge in [0, 0.05) is 23.5 Å². The average Bonchev–Trinajstić information content (AvgIpc) is 2.92. The minimum absolute atomic E-state index is 0.184. The molecule has 10 heteroatoms. The summed E-state index contributed by atoms with van der Waals surface area (Å²) in [5.74, 6) is 0.113. The van der Waals surface area contributed by atoms with Gasteiger partial charge in [0.2, 0.25) is 6.86 Å². The molecule has 0 saturated heterocycles. The van der Waals surface area contributed by atoms with E-state index < -0.39 is 31.1 Å². The van der Waals surface area contributed by atoms with Gasteiger partial charge in [-0.3, -0.25) is 9.78 Å². The lowest BCUT2D eigenvalue weighted by atomic mass is 10.0. The number of methoxy groups -OCH3 is 1. The van der Waals surface area contributed by atoms with Crippen molar-refractivity contribution >= 4 is 17.7 Å². The van der Waals surface area contributed by atoms with Crippen molar-refractivity contribution in [2.45, 2.75) is 25.6 Å². The zero-order valence-electron chi connectivity index (χ0n) is 19.8. The fourth-order valence-electron chi connectivity index (χ4n) is 3.78. The number of carbonyl (C=O) groups excluding carboxylic acids is 2. The molecule has 1 aliphatic rings. The molecule has 9 nitrogen and oxygen atoms in total. The van der Waals surface area contributed by atoms with Crippen LogP contribution in [0, 0.1) is 0 Å². The van der Waals surface area contributed by atoms with Gasteiger partial charge in [0.05, 0.1) is 7.11 Å². The molecule has 0 aliphatic carbocycles. The molecule has 3 aromatic rings. The van der Waals surface area contributed by atoms with Gasteiger partial charge in [0.1, 0.15) is 11.8 Å². The molecule has 0 spiro atoms. The second-order valence-electron chi connectivity index (χ2n) is 7.75. The topological polar surface area (TPSA) is 102 Å². The molecule has 2 heterocycles. The van der Waals surface area contributed by atoms with Crippen LogP contribution in [-0.4, -0.2) is 47.8 Å². The fraction of sp³-hybridized carbons (Fsp3) is 0.231. The summed E-state index contributed by atoms with van der Waals surface area (Å²) in [5, 5.41) is 8.58. The zero-order chi connectivity index (χ0) is 25.5. The number of pyridine rings is 1. The second-order valence-corrected chi connectivity index (χ2v) is 7.75. The van der Waals surface area contributed by atoms with Crippen molar-refractivity contribution in [3.05, 3.63) is 89.7 Å². The van der Waals surface area contributed by atoms with Crippen molar-refractivity contribution in [1.29, 1.82) is 0 Å². The third kappa shape index (κ3) is 5.27. The maximum atomic E-state index is 13.1. The zero-order valence-corrected chi connectivity index (χ0v) is 19.8. The van der Waals surface area contributed by atoms with E-state index in [2.05, 4.69) is 15.4 Å². The van der Waals surface area contributed by atoms with Crippen LogP contribution >= 0.6 is 0 Å². The van der Waals surface area contributed by atoms with Crippen LogP contribution in [-0.2, 0) is 4.74 Å². The lowest BCUT2D eigenvalue weighted by molar-refractivity contribution is 0.0493. The Morgan fingerprint density at radius 2 is 1.89 bits per heavy atom. The number of aromatic nitrogens is 1. The smallest absolute Gasteiger partial charge is 0.433 e. The van der Waals surface area contributed by atoms with Crippen LogP contribution in [0.2, 0.25) is 0 Å². The van der Waals surface area contributed by atoms with Gasteiger partial charge >= 0.3 is 6.09 Å². The summed E-state index contributed by atoms with van der Waals surface area (Å²) in [7, 11) is 1.45. The molecule has 2 amide bonds. The molecule has 186 valence electrons. The largest absolute Gasteiger partial charge is 0.493 e. The highest BCUT2D eigenvalue weighted by Gasteiger charge is 2.36. The molecule has 2 aromatic carbocycles. The first kappa shape index (κ1) is 24.6. The maximum Gasteiger partial charge on any atom is 0.433 e. The van der Waals surface area contributed by atoms with Crippen molar-refractivity contribution < 1.29 is 28.2 Å². The maximum absolute atomic E-state index is 13.1. The summed E-state index contributed by atoms with van der Waals surface area (Å²) < 4.78 is 29.0. The predicted molar refractivity (Wildman–Crippen MR) is 129 cm³/mol. The molecule has 1 aliphatic heterocycles. The van der Waals surface area contributed by atoms with Crippen LogP contribution in [0.25, 0.3) is 0 Å². The number of cyclic esters (lactones) is 1. The minimum Gasteiger partial charge on any atom is -0.493 e. The molecule has 0 fully saturated rings. The number of rotatable bonds is 9. The first-order chi connectivity index (χ1) is 17.5. The third-order valence-electron chi connectivity index (χ3n) is 5.56. The summed E-state index contributed by atoms with van der Waals surface area (Å²) in [4.78, 5) is 30.0. The summed E-state index contributed by atoms with van der Waals surface area (Å²) in [6.07, 6.45) is 1.11. The van der Waals surface area contributed by atoms with Crippen molar-refractivity contribution in [3.8, 4) is 11.5 Å². The summed E-state index contributed by atoms with van der Waals surface area (Å²) in [6, 6.07) is 17.0. The molecular weight excluding hydrogens is 467 g/mol. The van der Waals surface area contributed by atoms with E-state index >= 15 is 0 Å². The van der Waals surface area contributed by atoms with Crippen LogP contribution in [0.3, 0.4) is 0 Å². The van der Waals surface area contributed by atoms with Gasteiger partial charge < -0.3 is 19.5 Å². The molecule has 0 bridgehead atoms. The molecule has 1 aromatic heterocycles. The Bertz CT molecular complexity index is 1240. The van der Waals surface area contributed by atoms with Crippen molar-refractivity contribution in [3.63, 3.8) is 0 Å².